The first-order chi connectivity index (χ1) is 21.1. The molecule has 10 heteroatoms. The topological polar surface area (TPSA) is 115 Å². The van der Waals surface area contributed by atoms with Crippen molar-refractivity contribution in [1.29, 1.82) is 0 Å². The summed E-state index contributed by atoms with van der Waals surface area (Å²) < 4.78 is 55.1. The quantitative estimate of drug-likeness (QED) is 0.0836. The molecule has 0 unspecified atom stereocenters. The number of anilines is 1. The molecule has 4 rings (SSSR count). The zero-order valence-electron chi connectivity index (χ0n) is 26.6. The van der Waals surface area contributed by atoms with Crippen LogP contribution in [0.15, 0.2) is 53.7 Å². The van der Waals surface area contributed by atoms with Crippen molar-refractivity contribution >= 4 is 47.5 Å². The minimum atomic E-state index is -3.55. The molecule has 0 spiro atoms. The van der Waals surface area contributed by atoms with Gasteiger partial charge in [-0.15, -0.1) is 0 Å². The predicted octanol–water partition coefficient (Wildman–Crippen LogP) is 8.79. The highest BCUT2D eigenvalue weighted by molar-refractivity contribution is 7.92. The lowest BCUT2D eigenvalue weighted by Crippen LogP contribution is -2.22. The standard InChI is InChI=1S/C34H50N4O4S2/c1-4-5-6-7-8-9-10-11-12-13-14-15-16-17-23-43(39,40)37-32-20-18-19-29-31(26-36-34(29)32)30-25-35-33-24-27(21-22-28(30)33)44(41,42)38(2)3/h18-22,24-26,35-37H,4-17,23H2,1-3H3. The molecule has 0 bridgehead atoms. The molecule has 242 valence electrons. The molecule has 0 radical (unpaired) electrons. The van der Waals surface area contributed by atoms with Gasteiger partial charge in [-0.1, -0.05) is 109 Å². The number of sulfonamides is 2. The van der Waals surface area contributed by atoms with Gasteiger partial charge in [-0.25, -0.2) is 21.1 Å². The minimum Gasteiger partial charge on any atom is -0.361 e. The maximum Gasteiger partial charge on any atom is 0.242 e. The van der Waals surface area contributed by atoms with E-state index in [1.807, 2.05) is 24.5 Å². The van der Waals surface area contributed by atoms with E-state index in [2.05, 4.69) is 21.6 Å². The Labute approximate surface area is 264 Å². The van der Waals surface area contributed by atoms with E-state index in [4.69, 9.17) is 0 Å². The van der Waals surface area contributed by atoms with Crippen LogP contribution in [0.1, 0.15) is 96.8 Å². The largest absolute Gasteiger partial charge is 0.361 e. The van der Waals surface area contributed by atoms with Crippen LogP contribution < -0.4 is 4.72 Å². The van der Waals surface area contributed by atoms with Crippen LogP contribution in [0.2, 0.25) is 0 Å². The summed E-state index contributed by atoms with van der Waals surface area (Å²) in [6.45, 7) is 2.26. The zero-order valence-corrected chi connectivity index (χ0v) is 28.3. The van der Waals surface area contributed by atoms with Crippen LogP contribution in [-0.4, -0.2) is 51.0 Å². The van der Waals surface area contributed by atoms with E-state index >= 15 is 0 Å². The summed E-state index contributed by atoms with van der Waals surface area (Å²) in [5.74, 6) is 0.107. The third-order valence-corrected chi connectivity index (χ3v) is 11.6. The van der Waals surface area contributed by atoms with E-state index in [0.29, 0.717) is 23.1 Å². The Bertz CT molecular complexity index is 1710. The SMILES string of the molecule is CCCCCCCCCCCCCCCCS(=O)(=O)Nc1cccc2c(-c3c[nH]c4cc(S(=O)(=O)N(C)C)ccc34)c[nH]c12. The Morgan fingerprint density at radius 3 is 1.86 bits per heavy atom. The first-order valence-electron chi connectivity index (χ1n) is 16.3. The van der Waals surface area contributed by atoms with Gasteiger partial charge in [-0.2, -0.15) is 0 Å². The van der Waals surface area contributed by atoms with Gasteiger partial charge in [0.2, 0.25) is 20.0 Å². The molecule has 2 aromatic heterocycles. The molecule has 0 aliphatic carbocycles. The second-order valence-electron chi connectivity index (χ2n) is 12.1. The Balaban J connectivity index is 1.27. The lowest BCUT2D eigenvalue weighted by Gasteiger charge is -2.11. The van der Waals surface area contributed by atoms with Crippen LogP contribution in [0.3, 0.4) is 0 Å². The van der Waals surface area contributed by atoms with Crippen LogP contribution in [-0.2, 0) is 20.0 Å². The van der Waals surface area contributed by atoms with Crippen molar-refractivity contribution in [3.8, 4) is 11.1 Å². The molecule has 3 N–H and O–H groups in total. The monoisotopic (exact) mass is 642 g/mol. The molecule has 2 heterocycles. The molecule has 0 atom stereocenters. The van der Waals surface area contributed by atoms with Crippen molar-refractivity contribution in [1.82, 2.24) is 14.3 Å². The van der Waals surface area contributed by atoms with Gasteiger partial charge >= 0.3 is 0 Å². The molecule has 2 aromatic carbocycles. The van der Waals surface area contributed by atoms with Crippen molar-refractivity contribution < 1.29 is 16.8 Å². The zero-order chi connectivity index (χ0) is 31.6. The van der Waals surface area contributed by atoms with E-state index < -0.39 is 20.0 Å². The first-order valence-corrected chi connectivity index (χ1v) is 19.4. The molecule has 0 amide bonds. The summed E-state index contributed by atoms with van der Waals surface area (Å²) >= 11 is 0. The number of unbranched alkanes of at least 4 members (excludes halogenated alkanes) is 13. The molecule has 0 fully saturated rings. The highest BCUT2D eigenvalue weighted by atomic mass is 32.2. The second kappa shape index (κ2) is 16.0. The number of benzene rings is 2. The van der Waals surface area contributed by atoms with Crippen molar-refractivity contribution in [3.05, 3.63) is 48.8 Å². The van der Waals surface area contributed by atoms with Gasteiger partial charge in [0.15, 0.2) is 0 Å². The number of rotatable bonds is 20. The Kier molecular flexibility index (Phi) is 12.3. The molecule has 8 nitrogen and oxygen atoms in total. The van der Waals surface area contributed by atoms with Crippen LogP contribution >= 0.6 is 0 Å². The highest BCUT2D eigenvalue weighted by Crippen LogP contribution is 2.37. The number of hydrogen-bond acceptors (Lipinski definition) is 4. The van der Waals surface area contributed by atoms with Gasteiger partial charge in [-0.3, -0.25) is 4.72 Å². The molecule has 0 aliphatic heterocycles. The Morgan fingerprint density at radius 2 is 1.25 bits per heavy atom. The highest BCUT2D eigenvalue weighted by Gasteiger charge is 2.20. The third-order valence-electron chi connectivity index (χ3n) is 8.47. The molecule has 0 saturated carbocycles. The number of nitrogens with one attached hydrogen (secondary N) is 3. The lowest BCUT2D eigenvalue weighted by atomic mass is 10.0. The predicted molar refractivity (Wildman–Crippen MR) is 184 cm³/mol. The smallest absolute Gasteiger partial charge is 0.242 e. The van der Waals surface area contributed by atoms with Gasteiger partial charge in [0, 0.05) is 53.9 Å². The molecule has 0 aliphatic rings. The molecule has 4 aromatic rings. The molecular formula is C34H50N4O4S2. The maximum atomic E-state index is 13.0. The van der Waals surface area contributed by atoms with Crippen molar-refractivity contribution in [2.24, 2.45) is 0 Å². The summed E-state index contributed by atoms with van der Waals surface area (Å²) in [7, 11) is -4.01. The summed E-state index contributed by atoms with van der Waals surface area (Å²) in [6, 6.07) is 10.6. The Hall–Kier alpha value is -2.82. The van der Waals surface area contributed by atoms with Gasteiger partial charge in [0.05, 0.1) is 21.9 Å². The number of fused-ring (bicyclic) bond motifs is 2. The summed E-state index contributed by atoms with van der Waals surface area (Å²) in [6.07, 6.45) is 20.9. The normalized spacial score (nSPS) is 12.5. The van der Waals surface area contributed by atoms with Crippen LogP contribution in [0.5, 0.6) is 0 Å². The second-order valence-corrected chi connectivity index (χ2v) is 16.1. The number of hydrogen-bond donors (Lipinski definition) is 3. The first kappa shape index (κ1) is 34.1. The Morgan fingerprint density at radius 1 is 0.682 bits per heavy atom. The van der Waals surface area contributed by atoms with Crippen molar-refractivity contribution in [2.45, 2.75) is 102 Å². The number of para-hydroxylation sites is 1. The van der Waals surface area contributed by atoms with Gasteiger partial charge in [0.25, 0.3) is 0 Å². The average molecular weight is 643 g/mol. The maximum absolute atomic E-state index is 13.0. The van der Waals surface area contributed by atoms with Crippen LogP contribution in [0.25, 0.3) is 32.9 Å². The fraction of sp³-hybridized carbons (Fsp3) is 0.529. The minimum absolute atomic E-state index is 0.107. The number of H-pyrrole nitrogens is 2. The molecular weight excluding hydrogens is 593 g/mol. The number of aromatic nitrogens is 2. The number of nitrogens with zero attached hydrogens (tertiary/aromatic N) is 1. The molecule has 44 heavy (non-hydrogen) atoms. The number of aromatic amines is 2. The molecule has 0 saturated heterocycles. The van der Waals surface area contributed by atoms with Gasteiger partial charge in [-0.05, 0) is 24.6 Å². The van der Waals surface area contributed by atoms with Gasteiger partial charge in [0.1, 0.15) is 0 Å². The van der Waals surface area contributed by atoms with Crippen molar-refractivity contribution in [2.75, 3.05) is 24.6 Å². The third kappa shape index (κ3) is 8.88. The summed E-state index contributed by atoms with van der Waals surface area (Å²) in [4.78, 5) is 6.68. The fourth-order valence-corrected chi connectivity index (χ4v) is 7.99. The fourth-order valence-electron chi connectivity index (χ4n) is 5.87. The van der Waals surface area contributed by atoms with E-state index in [1.54, 1.807) is 24.3 Å². The van der Waals surface area contributed by atoms with E-state index in [0.717, 1.165) is 34.7 Å². The summed E-state index contributed by atoms with van der Waals surface area (Å²) in [5.41, 5.74) is 3.76. The summed E-state index contributed by atoms with van der Waals surface area (Å²) in [5, 5.41) is 1.76. The van der Waals surface area contributed by atoms with Gasteiger partial charge < -0.3 is 9.97 Å². The lowest BCUT2D eigenvalue weighted by molar-refractivity contribution is 0.521. The van der Waals surface area contributed by atoms with Crippen LogP contribution in [0.4, 0.5) is 5.69 Å². The van der Waals surface area contributed by atoms with E-state index in [-0.39, 0.29) is 10.6 Å². The average Bonchev–Trinajstić information content (AvgIpc) is 3.61. The van der Waals surface area contributed by atoms with Crippen molar-refractivity contribution in [3.63, 3.8) is 0 Å². The van der Waals surface area contributed by atoms with E-state index in [1.165, 1.54) is 89.0 Å². The van der Waals surface area contributed by atoms with Crippen LogP contribution in [0, 0.1) is 0 Å². The van der Waals surface area contributed by atoms with E-state index in [9.17, 15) is 16.8 Å².